The second-order valence-corrected chi connectivity index (χ2v) is 7.79. The molecule has 0 aliphatic carbocycles. The van der Waals surface area contributed by atoms with Gasteiger partial charge in [-0.3, -0.25) is 4.98 Å². The van der Waals surface area contributed by atoms with Gasteiger partial charge in [0, 0.05) is 18.1 Å². The van der Waals surface area contributed by atoms with E-state index in [-0.39, 0.29) is 11.4 Å². The third-order valence-corrected chi connectivity index (χ3v) is 5.98. The van der Waals surface area contributed by atoms with Gasteiger partial charge in [-0.25, -0.2) is 13.1 Å². The molecule has 0 saturated heterocycles. The van der Waals surface area contributed by atoms with Crippen LogP contribution in [0.3, 0.4) is 0 Å². The fourth-order valence-electron chi connectivity index (χ4n) is 2.77. The molecular weight excluding hydrogens is 356 g/mol. The molecule has 0 saturated carbocycles. The summed E-state index contributed by atoms with van der Waals surface area (Å²) < 4.78 is 36.0. The zero-order valence-corrected chi connectivity index (χ0v) is 14.7. The van der Waals surface area contributed by atoms with E-state index in [0.717, 1.165) is 28.2 Å². The Morgan fingerprint density at radius 1 is 0.960 bits per heavy atom. The molecule has 0 aliphatic heterocycles. The summed E-state index contributed by atoms with van der Waals surface area (Å²) in [7, 11) is -3.65. The molecule has 0 atom stereocenters. The van der Waals surface area contributed by atoms with Gasteiger partial charge < -0.3 is 0 Å². The lowest BCUT2D eigenvalue weighted by Crippen LogP contribution is -2.26. The Kier molecular flexibility index (Phi) is 4.16. The maximum absolute atomic E-state index is 12.6. The van der Waals surface area contributed by atoms with Crippen molar-refractivity contribution in [3.63, 3.8) is 0 Å². The first-order valence-corrected chi connectivity index (χ1v) is 9.90. The van der Waals surface area contributed by atoms with Gasteiger partial charge in [0.1, 0.15) is 15.9 Å². The molecule has 4 rings (SSSR count). The summed E-state index contributed by atoms with van der Waals surface area (Å²) in [5, 5.41) is 1.04. The summed E-state index contributed by atoms with van der Waals surface area (Å²) in [5.41, 5.74) is 2.90. The number of pyridine rings is 1. The average molecular weight is 370 g/mol. The zero-order chi connectivity index (χ0) is 17.3. The largest absolute Gasteiger partial charge is 0.256 e. The quantitative estimate of drug-likeness (QED) is 0.584. The van der Waals surface area contributed by atoms with E-state index < -0.39 is 10.0 Å². The van der Waals surface area contributed by atoms with E-state index in [1.807, 2.05) is 30.3 Å². The second kappa shape index (κ2) is 6.47. The normalized spacial score (nSPS) is 12.0. The second-order valence-electron chi connectivity index (χ2n) is 5.53. The molecule has 2 aromatic heterocycles. The molecule has 0 bridgehead atoms. The third kappa shape index (κ3) is 3.11. The van der Waals surface area contributed by atoms with Gasteiger partial charge in [0.2, 0.25) is 10.0 Å². The number of rotatable bonds is 5. The molecule has 25 heavy (non-hydrogen) atoms. The minimum atomic E-state index is -3.65. The Morgan fingerprint density at radius 2 is 1.80 bits per heavy atom. The summed E-state index contributed by atoms with van der Waals surface area (Å²) in [5.74, 6) is 0. The molecule has 4 aromatic rings. The van der Waals surface area contributed by atoms with Crippen molar-refractivity contribution in [2.24, 2.45) is 0 Å². The van der Waals surface area contributed by atoms with Crippen LogP contribution in [0, 0.1) is 0 Å². The molecular formula is C17H14N4O2S2. The maximum atomic E-state index is 12.6. The molecule has 0 radical (unpaired) electrons. The van der Waals surface area contributed by atoms with Crippen molar-refractivity contribution in [1.82, 2.24) is 18.5 Å². The highest BCUT2D eigenvalue weighted by molar-refractivity contribution is 7.89. The Labute approximate surface area is 148 Å². The summed E-state index contributed by atoms with van der Waals surface area (Å²) >= 11 is 1.00. The van der Waals surface area contributed by atoms with E-state index in [4.69, 9.17) is 0 Å². The first-order valence-electron chi connectivity index (χ1n) is 7.69. The molecule has 0 aliphatic rings. The zero-order valence-electron chi connectivity index (χ0n) is 13.1. The van der Waals surface area contributed by atoms with E-state index in [9.17, 15) is 8.42 Å². The van der Waals surface area contributed by atoms with Gasteiger partial charge in [-0.1, -0.05) is 30.3 Å². The van der Waals surface area contributed by atoms with Crippen molar-refractivity contribution in [1.29, 1.82) is 0 Å². The highest BCUT2D eigenvalue weighted by Crippen LogP contribution is 2.21. The monoisotopic (exact) mass is 370 g/mol. The third-order valence-electron chi connectivity index (χ3n) is 3.94. The van der Waals surface area contributed by atoms with Gasteiger partial charge in [-0.2, -0.15) is 8.75 Å². The van der Waals surface area contributed by atoms with Crippen LogP contribution >= 0.6 is 11.7 Å². The standard InChI is InChI=1S/C17H14N4O2S2/c22-25(23,15-8-2-7-14-17(15)21-24-20-14)19-11-9-13-5-1-4-12-6-3-10-18-16(12)13/h1-8,10,19H,9,11H2. The van der Waals surface area contributed by atoms with Gasteiger partial charge >= 0.3 is 0 Å². The Balaban J connectivity index is 1.55. The summed E-state index contributed by atoms with van der Waals surface area (Å²) in [6.07, 6.45) is 2.30. The molecule has 0 amide bonds. The molecule has 6 nitrogen and oxygen atoms in total. The minimum Gasteiger partial charge on any atom is -0.256 e. The van der Waals surface area contributed by atoms with Gasteiger partial charge in [0.15, 0.2) is 0 Å². The van der Waals surface area contributed by atoms with Crippen molar-refractivity contribution in [3.8, 4) is 0 Å². The lowest BCUT2D eigenvalue weighted by molar-refractivity contribution is 0.582. The lowest BCUT2D eigenvalue weighted by atomic mass is 10.1. The predicted molar refractivity (Wildman–Crippen MR) is 98.1 cm³/mol. The number of benzene rings is 2. The van der Waals surface area contributed by atoms with Crippen molar-refractivity contribution in [3.05, 3.63) is 60.3 Å². The Bertz CT molecular complexity index is 1150. The summed E-state index contributed by atoms with van der Waals surface area (Å²) in [6, 6.07) is 14.8. The number of nitrogens with zero attached hydrogens (tertiary/aromatic N) is 3. The number of hydrogen-bond acceptors (Lipinski definition) is 6. The van der Waals surface area contributed by atoms with Crippen LogP contribution in [0.5, 0.6) is 0 Å². The summed E-state index contributed by atoms with van der Waals surface area (Å²) in [4.78, 5) is 4.56. The van der Waals surface area contributed by atoms with Gasteiger partial charge in [0.25, 0.3) is 0 Å². The van der Waals surface area contributed by atoms with Crippen molar-refractivity contribution < 1.29 is 8.42 Å². The Hall–Kier alpha value is -2.42. The number of nitrogens with one attached hydrogen (secondary N) is 1. The predicted octanol–water partition coefficient (Wildman–Crippen LogP) is 2.76. The number of sulfonamides is 1. The fraction of sp³-hybridized carbons (Fsp3) is 0.118. The van der Waals surface area contributed by atoms with Gasteiger partial charge in [-0.15, -0.1) is 0 Å². The molecule has 0 fully saturated rings. The van der Waals surface area contributed by atoms with E-state index in [1.165, 1.54) is 0 Å². The van der Waals surface area contributed by atoms with Crippen LogP contribution in [-0.4, -0.2) is 28.7 Å². The van der Waals surface area contributed by atoms with Crippen LogP contribution in [0.15, 0.2) is 59.6 Å². The van der Waals surface area contributed by atoms with Crippen molar-refractivity contribution in [2.45, 2.75) is 11.3 Å². The van der Waals surface area contributed by atoms with Gasteiger partial charge in [0.05, 0.1) is 17.2 Å². The van der Waals surface area contributed by atoms with E-state index in [0.29, 0.717) is 17.5 Å². The highest BCUT2D eigenvalue weighted by Gasteiger charge is 2.19. The van der Waals surface area contributed by atoms with E-state index >= 15 is 0 Å². The molecule has 2 heterocycles. The van der Waals surface area contributed by atoms with Crippen LogP contribution in [0.1, 0.15) is 5.56 Å². The van der Waals surface area contributed by atoms with Crippen LogP contribution in [0.25, 0.3) is 21.9 Å². The van der Waals surface area contributed by atoms with Crippen LogP contribution in [-0.2, 0) is 16.4 Å². The molecule has 0 spiro atoms. The van der Waals surface area contributed by atoms with E-state index in [1.54, 1.807) is 24.4 Å². The molecule has 0 unspecified atom stereocenters. The summed E-state index contributed by atoms with van der Waals surface area (Å²) in [6.45, 7) is 0.284. The van der Waals surface area contributed by atoms with Crippen LogP contribution in [0.4, 0.5) is 0 Å². The first-order chi connectivity index (χ1) is 12.1. The molecule has 126 valence electrons. The minimum absolute atomic E-state index is 0.162. The van der Waals surface area contributed by atoms with Crippen LogP contribution < -0.4 is 4.72 Å². The molecule has 8 heteroatoms. The van der Waals surface area contributed by atoms with E-state index in [2.05, 4.69) is 18.5 Å². The van der Waals surface area contributed by atoms with Crippen molar-refractivity contribution >= 4 is 43.7 Å². The Morgan fingerprint density at radius 3 is 2.72 bits per heavy atom. The molecule has 2 aromatic carbocycles. The maximum Gasteiger partial charge on any atom is 0.242 e. The smallest absolute Gasteiger partial charge is 0.242 e. The SMILES string of the molecule is O=S(=O)(NCCc1cccc2cccnc12)c1cccc2nsnc12. The lowest BCUT2D eigenvalue weighted by Gasteiger charge is -2.08. The van der Waals surface area contributed by atoms with Crippen LogP contribution in [0.2, 0.25) is 0 Å². The topological polar surface area (TPSA) is 84.8 Å². The fourth-order valence-corrected chi connectivity index (χ4v) is 4.56. The molecule has 1 N–H and O–H groups in total. The number of fused-ring (bicyclic) bond motifs is 2. The van der Waals surface area contributed by atoms with Crippen molar-refractivity contribution in [2.75, 3.05) is 6.54 Å². The average Bonchev–Trinajstić information content (AvgIpc) is 3.10. The van der Waals surface area contributed by atoms with Gasteiger partial charge in [-0.05, 0) is 30.2 Å². The number of aromatic nitrogens is 3. The number of para-hydroxylation sites is 1. The first kappa shape index (κ1) is 16.1. The highest BCUT2D eigenvalue weighted by atomic mass is 32.2. The number of hydrogen-bond donors (Lipinski definition) is 1.